The van der Waals surface area contributed by atoms with Crippen molar-refractivity contribution in [2.45, 2.75) is 32.4 Å². The highest BCUT2D eigenvalue weighted by atomic mass is 19.1. The summed E-state index contributed by atoms with van der Waals surface area (Å²) in [6, 6.07) is 6.15. The number of benzene rings is 1. The number of hydrogen-bond acceptors (Lipinski definition) is 2. The average molecular weight is 264 g/mol. The van der Waals surface area contributed by atoms with E-state index >= 15 is 0 Å². The molecule has 1 aromatic rings. The van der Waals surface area contributed by atoms with Gasteiger partial charge in [0, 0.05) is 19.5 Å². The zero-order chi connectivity index (χ0) is 14.0. The molecule has 4 nitrogen and oxygen atoms in total. The molecule has 5 heteroatoms. The maximum absolute atomic E-state index is 13.1. The fraction of sp³-hybridized carbons (Fsp3) is 0.429. The van der Waals surface area contributed by atoms with Gasteiger partial charge in [0.15, 0.2) is 0 Å². The van der Waals surface area contributed by atoms with Crippen molar-refractivity contribution in [2.24, 2.45) is 0 Å². The van der Waals surface area contributed by atoms with Crippen molar-refractivity contribution in [2.75, 3.05) is 6.54 Å². The van der Waals surface area contributed by atoms with Gasteiger partial charge in [-0.05, 0) is 31.5 Å². The van der Waals surface area contributed by atoms with Gasteiger partial charge in [-0.15, -0.1) is 0 Å². The predicted octanol–water partition coefficient (Wildman–Crippen LogP) is 1.45. The van der Waals surface area contributed by atoms with Gasteiger partial charge < -0.3 is 10.2 Å². The summed E-state index contributed by atoms with van der Waals surface area (Å²) in [5, 5.41) is 2.69. The van der Waals surface area contributed by atoms with Gasteiger partial charge in [0.05, 0.1) is 0 Å². The normalized spacial score (nSPS) is 19.0. The zero-order valence-corrected chi connectivity index (χ0v) is 11.1. The molecule has 102 valence electrons. The van der Waals surface area contributed by atoms with Crippen LogP contribution in [-0.2, 0) is 16.1 Å². The molecule has 1 saturated heterocycles. The van der Waals surface area contributed by atoms with Gasteiger partial charge in [-0.3, -0.25) is 9.59 Å². The Hall–Kier alpha value is -1.91. The van der Waals surface area contributed by atoms with Crippen LogP contribution in [0.25, 0.3) is 0 Å². The molecule has 19 heavy (non-hydrogen) atoms. The van der Waals surface area contributed by atoms with Crippen LogP contribution in [0.2, 0.25) is 0 Å². The van der Waals surface area contributed by atoms with Crippen LogP contribution in [0.4, 0.5) is 4.39 Å². The Morgan fingerprint density at radius 2 is 2.11 bits per heavy atom. The van der Waals surface area contributed by atoms with Crippen molar-refractivity contribution in [1.29, 1.82) is 0 Å². The molecule has 0 aromatic heterocycles. The standard InChI is InChI=1S/C14H17FN2O2/c1-14(2)13(19)17(7-6-12(18)16-14)9-10-4-3-5-11(15)8-10/h3-5,8H,6-7,9H2,1-2H3,(H,16,18). The minimum atomic E-state index is -0.916. The summed E-state index contributed by atoms with van der Waals surface area (Å²) >= 11 is 0. The zero-order valence-electron chi connectivity index (χ0n) is 11.1. The smallest absolute Gasteiger partial charge is 0.248 e. The molecule has 0 bridgehead atoms. The van der Waals surface area contributed by atoms with E-state index in [2.05, 4.69) is 5.32 Å². The molecule has 2 amide bonds. The highest BCUT2D eigenvalue weighted by Gasteiger charge is 2.36. The molecule has 1 fully saturated rings. The van der Waals surface area contributed by atoms with Crippen molar-refractivity contribution in [1.82, 2.24) is 10.2 Å². The van der Waals surface area contributed by atoms with Crippen LogP contribution in [0.1, 0.15) is 25.8 Å². The van der Waals surface area contributed by atoms with E-state index < -0.39 is 5.54 Å². The molecule has 1 heterocycles. The van der Waals surface area contributed by atoms with E-state index in [4.69, 9.17) is 0 Å². The Morgan fingerprint density at radius 1 is 1.37 bits per heavy atom. The van der Waals surface area contributed by atoms with E-state index in [0.717, 1.165) is 5.56 Å². The van der Waals surface area contributed by atoms with Gasteiger partial charge in [-0.2, -0.15) is 0 Å². The van der Waals surface area contributed by atoms with Crippen LogP contribution < -0.4 is 5.32 Å². The van der Waals surface area contributed by atoms with E-state index in [0.29, 0.717) is 13.1 Å². The average Bonchev–Trinajstić information content (AvgIpc) is 2.40. The van der Waals surface area contributed by atoms with Gasteiger partial charge in [0.2, 0.25) is 11.8 Å². The molecule has 1 aliphatic heterocycles. The van der Waals surface area contributed by atoms with Crippen LogP contribution in [0.15, 0.2) is 24.3 Å². The van der Waals surface area contributed by atoms with Gasteiger partial charge in [-0.25, -0.2) is 4.39 Å². The highest BCUT2D eigenvalue weighted by Crippen LogP contribution is 2.16. The fourth-order valence-electron chi connectivity index (χ4n) is 2.20. The molecule has 0 aliphatic carbocycles. The largest absolute Gasteiger partial charge is 0.342 e. The Balaban J connectivity index is 2.19. The third kappa shape index (κ3) is 3.10. The summed E-state index contributed by atoms with van der Waals surface area (Å²) in [7, 11) is 0. The first-order chi connectivity index (χ1) is 8.88. The van der Waals surface area contributed by atoms with Crippen molar-refractivity contribution >= 4 is 11.8 Å². The second-order valence-corrected chi connectivity index (χ2v) is 5.28. The highest BCUT2D eigenvalue weighted by molar-refractivity contribution is 5.92. The topological polar surface area (TPSA) is 49.4 Å². The van der Waals surface area contributed by atoms with Crippen LogP contribution >= 0.6 is 0 Å². The van der Waals surface area contributed by atoms with Crippen molar-refractivity contribution < 1.29 is 14.0 Å². The number of rotatable bonds is 2. The number of halogens is 1. The quantitative estimate of drug-likeness (QED) is 0.879. The second kappa shape index (κ2) is 4.99. The third-order valence-corrected chi connectivity index (χ3v) is 3.15. The summed E-state index contributed by atoms with van der Waals surface area (Å²) in [4.78, 5) is 25.5. The number of nitrogens with one attached hydrogen (secondary N) is 1. The lowest BCUT2D eigenvalue weighted by atomic mass is 10.0. The first kappa shape index (κ1) is 13.5. The van der Waals surface area contributed by atoms with Gasteiger partial charge in [0.1, 0.15) is 11.4 Å². The minimum Gasteiger partial charge on any atom is -0.342 e. The number of nitrogens with zero attached hydrogens (tertiary/aromatic N) is 1. The lowest BCUT2D eigenvalue weighted by Gasteiger charge is -2.28. The van der Waals surface area contributed by atoms with Gasteiger partial charge in [-0.1, -0.05) is 12.1 Å². The molecular formula is C14H17FN2O2. The molecule has 0 radical (unpaired) electrons. The van der Waals surface area contributed by atoms with E-state index in [1.54, 1.807) is 30.9 Å². The summed E-state index contributed by atoms with van der Waals surface area (Å²) in [6.45, 7) is 4.02. The third-order valence-electron chi connectivity index (χ3n) is 3.15. The monoisotopic (exact) mass is 264 g/mol. The molecule has 1 N–H and O–H groups in total. The molecule has 2 rings (SSSR count). The maximum atomic E-state index is 13.1. The molecule has 0 spiro atoms. The lowest BCUT2D eigenvalue weighted by molar-refractivity contribution is -0.137. The van der Waals surface area contributed by atoms with E-state index in [1.165, 1.54) is 12.1 Å². The lowest BCUT2D eigenvalue weighted by Crippen LogP contribution is -2.52. The second-order valence-electron chi connectivity index (χ2n) is 5.28. The summed E-state index contributed by atoms with van der Waals surface area (Å²) < 4.78 is 13.1. The molecule has 0 saturated carbocycles. The van der Waals surface area contributed by atoms with Crippen molar-refractivity contribution in [3.63, 3.8) is 0 Å². The first-order valence-corrected chi connectivity index (χ1v) is 6.23. The summed E-state index contributed by atoms with van der Waals surface area (Å²) in [5.41, 5.74) is -0.195. The van der Waals surface area contributed by atoms with E-state index in [1.807, 2.05) is 0 Å². The summed E-state index contributed by atoms with van der Waals surface area (Å²) in [5.74, 6) is -0.615. The van der Waals surface area contributed by atoms with Gasteiger partial charge >= 0.3 is 0 Å². The predicted molar refractivity (Wildman–Crippen MR) is 68.7 cm³/mol. The molecular weight excluding hydrogens is 247 g/mol. The molecule has 1 aromatic carbocycles. The van der Waals surface area contributed by atoms with Crippen molar-refractivity contribution in [3.05, 3.63) is 35.6 Å². The number of hydrogen-bond donors (Lipinski definition) is 1. The van der Waals surface area contributed by atoms with E-state index in [9.17, 15) is 14.0 Å². The first-order valence-electron chi connectivity index (χ1n) is 6.23. The molecule has 0 unspecified atom stereocenters. The van der Waals surface area contributed by atoms with Crippen LogP contribution in [0, 0.1) is 5.82 Å². The minimum absolute atomic E-state index is 0.139. The molecule has 0 atom stereocenters. The number of amides is 2. The fourth-order valence-corrected chi connectivity index (χ4v) is 2.20. The number of carbonyl (C=O) groups excluding carboxylic acids is 2. The SMILES string of the molecule is CC1(C)NC(=O)CCN(Cc2cccc(F)c2)C1=O. The molecule has 1 aliphatic rings. The Kier molecular flexibility index (Phi) is 3.55. The Morgan fingerprint density at radius 3 is 2.79 bits per heavy atom. The Labute approximate surface area is 111 Å². The van der Waals surface area contributed by atoms with Crippen LogP contribution in [0.5, 0.6) is 0 Å². The van der Waals surface area contributed by atoms with E-state index in [-0.39, 0.29) is 24.1 Å². The Bertz CT molecular complexity index is 514. The van der Waals surface area contributed by atoms with Crippen LogP contribution in [-0.4, -0.2) is 28.8 Å². The number of carbonyl (C=O) groups is 2. The summed E-state index contributed by atoms with van der Waals surface area (Å²) in [6.07, 6.45) is 0.268. The maximum Gasteiger partial charge on any atom is 0.248 e. The van der Waals surface area contributed by atoms with Crippen molar-refractivity contribution in [3.8, 4) is 0 Å². The van der Waals surface area contributed by atoms with Crippen LogP contribution in [0.3, 0.4) is 0 Å². The van der Waals surface area contributed by atoms with Gasteiger partial charge in [0.25, 0.3) is 0 Å².